The first-order chi connectivity index (χ1) is 10.6. The summed E-state index contributed by atoms with van der Waals surface area (Å²) in [4.78, 5) is 16.1. The summed E-state index contributed by atoms with van der Waals surface area (Å²) in [5.41, 5.74) is 1.91. The van der Waals surface area contributed by atoms with Crippen LogP contribution in [0.3, 0.4) is 0 Å². The molecule has 1 saturated carbocycles. The van der Waals surface area contributed by atoms with Crippen molar-refractivity contribution in [1.29, 1.82) is 0 Å². The van der Waals surface area contributed by atoms with E-state index in [1.807, 2.05) is 6.07 Å². The molecule has 1 aliphatic rings. The molecule has 0 radical (unpaired) electrons. The van der Waals surface area contributed by atoms with E-state index in [0.29, 0.717) is 17.4 Å². The molecule has 3 rings (SSSR count). The van der Waals surface area contributed by atoms with E-state index >= 15 is 0 Å². The van der Waals surface area contributed by atoms with E-state index in [4.69, 9.17) is 0 Å². The van der Waals surface area contributed by atoms with E-state index in [-0.39, 0.29) is 18.0 Å². The van der Waals surface area contributed by atoms with Crippen LogP contribution in [0.25, 0.3) is 0 Å². The van der Waals surface area contributed by atoms with Crippen LogP contribution in [-0.2, 0) is 11.2 Å². The Balaban J connectivity index is 1.63. The summed E-state index contributed by atoms with van der Waals surface area (Å²) in [6, 6.07) is 4.78. The summed E-state index contributed by atoms with van der Waals surface area (Å²) in [5, 5.41) is 9.79. The molecule has 116 valence electrons. The molecule has 0 aromatic carbocycles. The zero-order chi connectivity index (χ0) is 15.5. The number of pyridine rings is 1. The van der Waals surface area contributed by atoms with Crippen molar-refractivity contribution < 1.29 is 9.18 Å². The van der Waals surface area contributed by atoms with Crippen molar-refractivity contribution in [2.75, 3.05) is 5.32 Å². The Kier molecular flexibility index (Phi) is 4.18. The number of anilines is 1. The lowest BCUT2D eigenvalue weighted by Gasteiger charge is -2.04. The van der Waals surface area contributed by atoms with Crippen LogP contribution in [-0.4, -0.2) is 21.1 Å². The van der Waals surface area contributed by atoms with Gasteiger partial charge < -0.3 is 5.32 Å². The average Bonchev–Trinajstić information content (AvgIpc) is 3.13. The van der Waals surface area contributed by atoms with Crippen LogP contribution in [0, 0.1) is 12.7 Å². The number of aromatic amines is 1. The normalized spacial score (nSPS) is 15.2. The fourth-order valence-electron chi connectivity index (χ4n) is 2.90. The highest BCUT2D eigenvalue weighted by Gasteiger charge is 2.19. The van der Waals surface area contributed by atoms with Crippen LogP contribution >= 0.6 is 0 Å². The molecule has 0 bridgehead atoms. The van der Waals surface area contributed by atoms with Crippen molar-refractivity contribution in [1.82, 2.24) is 15.2 Å². The van der Waals surface area contributed by atoms with Crippen molar-refractivity contribution in [3.63, 3.8) is 0 Å². The number of carbonyl (C=O) groups excluding carboxylic acids is 1. The van der Waals surface area contributed by atoms with E-state index < -0.39 is 5.82 Å². The summed E-state index contributed by atoms with van der Waals surface area (Å²) in [5.74, 6) is 0.213. The third-order valence-corrected chi connectivity index (χ3v) is 4.05. The maximum atomic E-state index is 13.6. The fraction of sp³-hybridized carbons (Fsp3) is 0.438. The van der Waals surface area contributed by atoms with E-state index in [0.717, 1.165) is 18.5 Å². The van der Waals surface area contributed by atoms with Crippen molar-refractivity contribution in [2.24, 2.45) is 0 Å². The van der Waals surface area contributed by atoms with Crippen LogP contribution in [0.1, 0.15) is 48.7 Å². The molecule has 2 aromatic heterocycles. The second-order valence-electron chi connectivity index (χ2n) is 5.80. The van der Waals surface area contributed by atoms with Gasteiger partial charge in [-0.15, -0.1) is 0 Å². The largest absolute Gasteiger partial charge is 0.309 e. The van der Waals surface area contributed by atoms with Gasteiger partial charge in [0.1, 0.15) is 5.82 Å². The van der Waals surface area contributed by atoms with Crippen LogP contribution in [0.4, 0.5) is 10.2 Å². The van der Waals surface area contributed by atoms with Crippen molar-refractivity contribution in [3.8, 4) is 0 Å². The molecule has 2 heterocycles. The molecule has 0 saturated heterocycles. The molecule has 1 fully saturated rings. The average molecular weight is 302 g/mol. The summed E-state index contributed by atoms with van der Waals surface area (Å²) in [6.45, 7) is 1.77. The molecule has 0 unspecified atom stereocenters. The quantitative estimate of drug-likeness (QED) is 0.911. The smallest absolute Gasteiger partial charge is 0.231 e. The van der Waals surface area contributed by atoms with E-state index in [2.05, 4.69) is 20.5 Å². The van der Waals surface area contributed by atoms with Gasteiger partial charge in [-0.05, 0) is 31.9 Å². The van der Waals surface area contributed by atoms with Crippen molar-refractivity contribution in [3.05, 3.63) is 41.1 Å². The first-order valence-electron chi connectivity index (χ1n) is 7.59. The third kappa shape index (κ3) is 3.32. The lowest BCUT2D eigenvalue weighted by Crippen LogP contribution is -2.16. The molecule has 2 N–H and O–H groups in total. The highest BCUT2D eigenvalue weighted by molar-refractivity contribution is 5.91. The lowest BCUT2D eigenvalue weighted by molar-refractivity contribution is -0.115. The number of halogens is 1. The number of H-pyrrole nitrogens is 1. The highest BCUT2D eigenvalue weighted by atomic mass is 19.1. The maximum Gasteiger partial charge on any atom is 0.231 e. The second kappa shape index (κ2) is 6.25. The first kappa shape index (κ1) is 14.7. The molecule has 2 aromatic rings. The second-order valence-corrected chi connectivity index (χ2v) is 5.80. The number of hydrogen-bond donors (Lipinski definition) is 2. The van der Waals surface area contributed by atoms with Gasteiger partial charge in [0, 0.05) is 23.4 Å². The predicted octanol–water partition coefficient (Wildman–Crippen LogP) is 3.09. The Morgan fingerprint density at radius 2 is 2.18 bits per heavy atom. The molecule has 0 aliphatic heterocycles. The Labute approximate surface area is 128 Å². The van der Waals surface area contributed by atoms with Crippen LogP contribution < -0.4 is 5.32 Å². The maximum absolute atomic E-state index is 13.6. The topological polar surface area (TPSA) is 70.7 Å². The summed E-state index contributed by atoms with van der Waals surface area (Å²) >= 11 is 0. The van der Waals surface area contributed by atoms with Crippen LogP contribution in [0.15, 0.2) is 18.2 Å². The van der Waals surface area contributed by atoms with E-state index in [9.17, 15) is 9.18 Å². The van der Waals surface area contributed by atoms with Gasteiger partial charge in [-0.2, -0.15) is 5.10 Å². The number of hydrogen-bond acceptors (Lipinski definition) is 3. The Bertz CT molecular complexity index is 677. The van der Waals surface area contributed by atoms with Gasteiger partial charge in [-0.25, -0.2) is 4.39 Å². The number of carbonyl (C=O) groups is 1. The molecule has 1 aliphatic carbocycles. The Morgan fingerprint density at radius 3 is 2.95 bits per heavy atom. The molecular weight excluding hydrogens is 283 g/mol. The van der Waals surface area contributed by atoms with Crippen LogP contribution in [0.5, 0.6) is 0 Å². The standard InChI is InChI=1S/C16H19FN4O/c1-10-6-7-12(17)14(18-10)9-16(22)19-15-8-13(20-21-15)11-4-2-3-5-11/h6-8,11H,2-5,9H2,1H3,(H2,19,20,21,22). The van der Waals surface area contributed by atoms with Gasteiger partial charge in [-0.3, -0.25) is 14.9 Å². The monoisotopic (exact) mass is 302 g/mol. The fourth-order valence-corrected chi connectivity index (χ4v) is 2.90. The number of nitrogens with zero attached hydrogens (tertiary/aromatic N) is 2. The zero-order valence-corrected chi connectivity index (χ0v) is 12.5. The van der Waals surface area contributed by atoms with E-state index in [1.54, 1.807) is 13.0 Å². The lowest BCUT2D eigenvalue weighted by atomic mass is 10.0. The number of amides is 1. The molecule has 6 heteroatoms. The van der Waals surface area contributed by atoms with Crippen molar-refractivity contribution >= 4 is 11.7 Å². The van der Waals surface area contributed by atoms with Crippen molar-refractivity contribution in [2.45, 2.75) is 44.9 Å². The SMILES string of the molecule is Cc1ccc(F)c(CC(=O)Nc2cc(C3CCCC3)[nH]n2)n1. The zero-order valence-electron chi connectivity index (χ0n) is 12.5. The number of rotatable bonds is 4. The molecule has 0 spiro atoms. The number of aromatic nitrogens is 3. The summed E-state index contributed by atoms with van der Waals surface area (Å²) < 4.78 is 13.6. The summed E-state index contributed by atoms with van der Waals surface area (Å²) in [7, 11) is 0. The van der Waals surface area contributed by atoms with E-state index in [1.165, 1.54) is 18.9 Å². The van der Waals surface area contributed by atoms with Gasteiger partial charge in [0.2, 0.25) is 5.91 Å². The van der Waals surface area contributed by atoms with Gasteiger partial charge in [0.25, 0.3) is 0 Å². The highest BCUT2D eigenvalue weighted by Crippen LogP contribution is 2.33. The molecule has 22 heavy (non-hydrogen) atoms. The molecule has 0 atom stereocenters. The molecule has 1 amide bonds. The predicted molar refractivity (Wildman–Crippen MR) is 81.1 cm³/mol. The minimum atomic E-state index is -0.463. The minimum Gasteiger partial charge on any atom is -0.309 e. The summed E-state index contributed by atoms with van der Waals surface area (Å²) in [6.07, 6.45) is 4.70. The Morgan fingerprint density at radius 1 is 1.41 bits per heavy atom. The molecular formula is C16H19FN4O. The van der Waals surface area contributed by atoms with Gasteiger partial charge >= 0.3 is 0 Å². The van der Waals surface area contributed by atoms with Gasteiger partial charge in [-0.1, -0.05) is 12.8 Å². The first-order valence-corrected chi connectivity index (χ1v) is 7.59. The Hall–Kier alpha value is -2.24. The van der Waals surface area contributed by atoms with Gasteiger partial charge in [0.15, 0.2) is 5.82 Å². The molecule has 5 nitrogen and oxygen atoms in total. The third-order valence-electron chi connectivity index (χ3n) is 4.05. The van der Waals surface area contributed by atoms with Gasteiger partial charge in [0.05, 0.1) is 12.1 Å². The number of nitrogens with one attached hydrogen (secondary N) is 2. The van der Waals surface area contributed by atoms with Crippen LogP contribution in [0.2, 0.25) is 0 Å². The minimum absolute atomic E-state index is 0.0981. The number of aryl methyl sites for hydroxylation is 1.